The van der Waals surface area contributed by atoms with Crippen LogP contribution in [0, 0.1) is 6.92 Å². The van der Waals surface area contributed by atoms with Crippen LogP contribution < -0.4 is 0 Å². The van der Waals surface area contributed by atoms with Crippen molar-refractivity contribution in [3.8, 4) is 0 Å². The Balaban J connectivity index is 1.65. The fraction of sp³-hybridized carbons (Fsp3) is 0.333. The number of carbonyl (C=O) groups is 1. The summed E-state index contributed by atoms with van der Waals surface area (Å²) in [5, 5.41) is 0. The highest BCUT2D eigenvalue weighted by Crippen LogP contribution is 2.30. The molecule has 0 spiro atoms. The van der Waals surface area contributed by atoms with Crippen LogP contribution in [0.2, 0.25) is 0 Å². The minimum Gasteiger partial charge on any atom is -0.294 e. The zero-order chi connectivity index (χ0) is 22.9. The first-order chi connectivity index (χ1) is 15.5. The van der Waals surface area contributed by atoms with E-state index in [2.05, 4.69) is 63.8 Å². The molecule has 1 aromatic heterocycles. The maximum absolute atomic E-state index is 12.7. The molecular formula is C30H35NO. The molecule has 1 heterocycles. The van der Waals surface area contributed by atoms with Crippen molar-refractivity contribution in [2.24, 2.45) is 0 Å². The van der Waals surface area contributed by atoms with E-state index in [0.717, 1.165) is 44.1 Å². The summed E-state index contributed by atoms with van der Waals surface area (Å²) in [5.41, 5.74) is 9.56. The number of aryl methyl sites for hydroxylation is 3. The monoisotopic (exact) mass is 425 g/mol. The Kier molecular flexibility index (Phi) is 8.56. The highest BCUT2D eigenvalue weighted by Gasteiger charge is 2.14. The summed E-state index contributed by atoms with van der Waals surface area (Å²) in [7, 11) is 0. The maximum Gasteiger partial charge on any atom is 0.162 e. The first kappa shape index (κ1) is 23.7. The van der Waals surface area contributed by atoms with Gasteiger partial charge in [-0.1, -0.05) is 73.6 Å². The SMILES string of the molecule is C=C/C=C(\C=C(\C)CCC)C(=O)CCCc1cnc2c(c1)C=C(c1ccc(C)cc1)CC2. The van der Waals surface area contributed by atoms with Gasteiger partial charge in [0, 0.05) is 23.9 Å². The van der Waals surface area contributed by atoms with Gasteiger partial charge in [-0.2, -0.15) is 0 Å². The van der Waals surface area contributed by atoms with Gasteiger partial charge in [0.25, 0.3) is 0 Å². The van der Waals surface area contributed by atoms with Crippen LogP contribution in [0.15, 0.2) is 72.5 Å². The van der Waals surface area contributed by atoms with Gasteiger partial charge in [-0.05, 0) is 80.4 Å². The van der Waals surface area contributed by atoms with E-state index in [0.29, 0.717) is 6.42 Å². The highest BCUT2D eigenvalue weighted by atomic mass is 16.1. The van der Waals surface area contributed by atoms with Crippen LogP contribution in [-0.4, -0.2) is 10.8 Å². The number of nitrogens with zero attached hydrogens (tertiary/aromatic N) is 1. The number of rotatable bonds is 10. The molecule has 2 aromatic rings. The van der Waals surface area contributed by atoms with Gasteiger partial charge in [0.1, 0.15) is 0 Å². The molecule has 1 aromatic carbocycles. The molecule has 0 bridgehead atoms. The summed E-state index contributed by atoms with van der Waals surface area (Å²) in [4.78, 5) is 17.5. The smallest absolute Gasteiger partial charge is 0.162 e. The summed E-state index contributed by atoms with van der Waals surface area (Å²) in [5.74, 6) is 0.188. The summed E-state index contributed by atoms with van der Waals surface area (Å²) < 4.78 is 0. The van der Waals surface area contributed by atoms with E-state index in [-0.39, 0.29) is 5.78 Å². The molecule has 166 valence electrons. The standard InChI is InChI=1S/C30H35NO/c1-5-8-23(4)18-27(9-6-2)30(32)11-7-10-24-19-28-20-26(16-17-29(28)31-21-24)25-14-12-22(3)13-15-25/h6,9,12-15,18-21H,2,5,7-8,10-11,16-17H2,1,3-4H3/b23-18-,27-9+. The van der Waals surface area contributed by atoms with Crippen LogP contribution >= 0.6 is 0 Å². The van der Waals surface area contributed by atoms with Crippen molar-refractivity contribution in [2.45, 2.75) is 65.7 Å². The van der Waals surface area contributed by atoms with Gasteiger partial charge in [0.2, 0.25) is 0 Å². The van der Waals surface area contributed by atoms with Crippen LogP contribution in [0.3, 0.4) is 0 Å². The second-order valence-corrected chi connectivity index (χ2v) is 8.79. The number of carbonyl (C=O) groups excluding carboxylic acids is 1. The van der Waals surface area contributed by atoms with Crippen LogP contribution in [0.25, 0.3) is 11.6 Å². The molecule has 0 saturated carbocycles. The largest absolute Gasteiger partial charge is 0.294 e. The maximum atomic E-state index is 12.7. The molecular weight excluding hydrogens is 390 g/mol. The molecule has 3 rings (SSSR count). The van der Waals surface area contributed by atoms with Gasteiger partial charge in [0.05, 0.1) is 0 Å². The lowest BCUT2D eigenvalue weighted by molar-refractivity contribution is -0.115. The number of ketones is 1. The quantitative estimate of drug-likeness (QED) is 0.289. The number of hydrogen-bond donors (Lipinski definition) is 0. The highest BCUT2D eigenvalue weighted by molar-refractivity contribution is 5.98. The normalized spacial score (nSPS) is 14.0. The predicted octanol–water partition coefficient (Wildman–Crippen LogP) is 7.63. The number of aromatic nitrogens is 1. The van der Waals surface area contributed by atoms with Crippen molar-refractivity contribution in [3.05, 3.63) is 100 Å². The Bertz CT molecular complexity index is 1050. The Morgan fingerprint density at radius 1 is 1.16 bits per heavy atom. The minimum atomic E-state index is 0.188. The van der Waals surface area contributed by atoms with E-state index in [1.807, 2.05) is 18.3 Å². The van der Waals surface area contributed by atoms with E-state index in [1.54, 1.807) is 6.08 Å². The molecule has 2 nitrogen and oxygen atoms in total. The minimum absolute atomic E-state index is 0.188. The van der Waals surface area contributed by atoms with Gasteiger partial charge in [-0.3, -0.25) is 9.78 Å². The van der Waals surface area contributed by atoms with Crippen LogP contribution in [0.5, 0.6) is 0 Å². The van der Waals surface area contributed by atoms with Crippen molar-refractivity contribution in [3.63, 3.8) is 0 Å². The Labute approximate surface area is 193 Å². The summed E-state index contributed by atoms with van der Waals surface area (Å²) >= 11 is 0. The molecule has 1 aliphatic rings. The van der Waals surface area contributed by atoms with Crippen LogP contribution in [0.4, 0.5) is 0 Å². The average molecular weight is 426 g/mol. The second-order valence-electron chi connectivity index (χ2n) is 8.79. The van der Waals surface area contributed by atoms with Crippen molar-refractivity contribution in [2.75, 3.05) is 0 Å². The van der Waals surface area contributed by atoms with E-state index in [1.165, 1.54) is 39.1 Å². The van der Waals surface area contributed by atoms with Crippen molar-refractivity contribution >= 4 is 17.4 Å². The molecule has 0 saturated heterocycles. The molecule has 0 amide bonds. The van der Waals surface area contributed by atoms with Gasteiger partial charge in [-0.25, -0.2) is 0 Å². The van der Waals surface area contributed by atoms with Crippen molar-refractivity contribution in [1.29, 1.82) is 0 Å². The van der Waals surface area contributed by atoms with Crippen LogP contribution in [-0.2, 0) is 17.6 Å². The van der Waals surface area contributed by atoms with Gasteiger partial charge in [0.15, 0.2) is 5.78 Å². The third-order valence-electron chi connectivity index (χ3n) is 5.98. The molecule has 1 aliphatic carbocycles. The zero-order valence-corrected chi connectivity index (χ0v) is 19.8. The topological polar surface area (TPSA) is 30.0 Å². The number of allylic oxidation sites excluding steroid dienone is 6. The fourth-order valence-corrected chi connectivity index (χ4v) is 4.21. The average Bonchev–Trinajstić information content (AvgIpc) is 2.79. The molecule has 0 fully saturated rings. The van der Waals surface area contributed by atoms with E-state index < -0.39 is 0 Å². The lowest BCUT2D eigenvalue weighted by atomic mass is 9.90. The van der Waals surface area contributed by atoms with Crippen LogP contribution in [0.1, 0.15) is 73.9 Å². The number of Topliss-reactive ketones (excluding diaryl/α,β-unsaturated/α-hetero) is 1. The zero-order valence-electron chi connectivity index (χ0n) is 19.8. The molecule has 2 heteroatoms. The summed E-state index contributed by atoms with van der Waals surface area (Å²) in [6.07, 6.45) is 16.2. The van der Waals surface area contributed by atoms with Gasteiger partial charge in [-0.15, -0.1) is 0 Å². The molecule has 0 aliphatic heterocycles. The Morgan fingerprint density at radius 2 is 1.94 bits per heavy atom. The Hall–Kier alpha value is -3.00. The third kappa shape index (κ3) is 6.50. The van der Waals surface area contributed by atoms with Gasteiger partial charge >= 0.3 is 0 Å². The van der Waals surface area contributed by atoms with E-state index in [9.17, 15) is 4.79 Å². The first-order valence-corrected chi connectivity index (χ1v) is 11.8. The number of hydrogen-bond acceptors (Lipinski definition) is 2. The molecule has 0 radical (unpaired) electrons. The number of fused-ring (bicyclic) bond motifs is 1. The lowest BCUT2D eigenvalue weighted by Crippen LogP contribution is -2.05. The van der Waals surface area contributed by atoms with Crippen molar-refractivity contribution in [1.82, 2.24) is 4.98 Å². The molecule has 0 atom stereocenters. The van der Waals surface area contributed by atoms with E-state index in [4.69, 9.17) is 4.98 Å². The lowest BCUT2D eigenvalue weighted by Gasteiger charge is -2.17. The summed E-state index contributed by atoms with van der Waals surface area (Å²) in [6.45, 7) is 10.1. The van der Waals surface area contributed by atoms with E-state index >= 15 is 0 Å². The first-order valence-electron chi connectivity index (χ1n) is 11.8. The Morgan fingerprint density at radius 3 is 2.66 bits per heavy atom. The summed E-state index contributed by atoms with van der Waals surface area (Å²) in [6, 6.07) is 11.0. The number of benzene rings is 1. The fourth-order valence-electron chi connectivity index (χ4n) is 4.21. The molecule has 32 heavy (non-hydrogen) atoms. The second kappa shape index (κ2) is 11.6. The third-order valence-corrected chi connectivity index (χ3v) is 5.98. The van der Waals surface area contributed by atoms with Gasteiger partial charge < -0.3 is 0 Å². The number of pyridine rings is 1. The molecule has 0 N–H and O–H groups in total. The predicted molar refractivity (Wildman–Crippen MR) is 136 cm³/mol. The molecule has 0 unspecified atom stereocenters. The van der Waals surface area contributed by atoms with Crippen molar-refractivity contribution < 1.29 is 4.79 Å².